The van der Waals surface area contributed by atoms with Crippen molar-refractivity contribution in [3.05, 3.63) is 46.9 Å². The summed E-state index contributed by atoms with van der Waals surface area (Å²) in [5.41, 5.74) is 0.279. The van der Waals surface area contributed by atoms with Gasteiger partial charge in [-0.2, -0.15) is 0 Å². The largest absolute Gasteiger partial charge is 0.482 e. The average molecular weight is 367 g/mol. The molecule has 1 aromatic heterocycles. The lowest BCUT2D eigenvalue weighted by molar-refractivity contribution is 0.0780. The Labute approximate surface area is 150 Å². The van der Waals surface area contributed by atoms with Crippen LogP contribution in [0, 0.1) is 11.7 Å². The topological polar surface area (TPSA) is 55.6 Å². The van der Waals surface area contributed by atoms with Gasteiger partial charge in [-0.25, -0.2) is 9.37 Å². The number of benzene rings is 1. The fourth-order valence-electron chi connectivity index (χ4n) is 3.03. The Morgan fingerprint density at radius 1 is 1.52 bits per heavy atom. The van der Waals surface area contributed by atoms with Crippen molar-refractivity contribution in [1.29, 1.82) is 0 Å². The summed E-state index contributed by atoms with van der Waals surface area (Å²) in [4.78, 5) is 18.5. The first kappa shape index (κ1) is 17.7. The lowest BCUT2D eigenvalue weighted by Crippen LogP contribution is -2.29. The maximum absolute atomic E-state index is 13.0. The summed E-state index contributed by atoms with van der Waals surface area (Å²) >= 11 is 5.90. The van der Waals surface area contributed by atoms with Crippen LogP contribution < -0.4 is 4.74 Å². The Balaban J connectivity index is 1.58. The van der Waals surface area contributed by atoms with Gasteiger partial charge in [0.05, 0.1) is 5.02 Å². The number of hydrogen-bond acceptors (Lipinski definition) is 4. The quantitative estimate of drug-likeness (QED) is 0.764. The molecule has 1 atom stereocenters. The number of halogens is 2. The zero-order chi connectivity index (χ0) is 17.8. The minimum absolute atomic E-state index is 0.0110. The fourth-order valence-corrected chi connectivity index (χ4v) is 3.25. The lowest BCUT2D eigenvalue weighted by Gasteiger charge is -2.14. The van der Waals surface area contributed by atoms with Crippen LogP contribution in [-0.2, 0) is 6.61 Å². The van der Waals surface area contributed by atoms with Gasteiger partial charge in [0.2, 0.25) is 5.89 Å². The van der Waals surface area contributed by atoms with Gasteiger partial charge in [0, 0.05) is 13.1 Å². The van der Waals surface area contributed by atoms with Crippen LogP contribution in [-0.4, -0.2) is 28.9 Å². The molecule has 0 N–H and O–H groups in total. The molecular formula is C18H20ClFN2O3. The third-order valence-corrected chi connectivity index (χ3v) is 4.58. The summed E-state index contributed by atoms with van der Waals surface area (Å²) in [6.45, 7) is 3.70. The van der Waals surface area contributed by atoms with E-state index in [0.29, 0.717) is 11.7 Å². The highest BCUT2D eigenvalue weighted by Crippen LogP contribution is 2.26. The van der Waals surface area contributed by atoms with Gasteiger partial charge in [-0.05, 0) is 37.0 Å². The second-order valence-corrected chi connectivity index (χ2v) is 6.59. The van der Waals surface area contributed by atoms with Crippen LogP contribution >= 0.6 is 11.6 Å². The number of likely N-dealkylation sites (tertiary alicyclic amines) is 1. The molecule has 1 fully saturated rings. The Hall–Kier alpha value is -2.08. The molecule has 0 saturated carbocycles. The van der Waals surface area contributed by atoms with Gasteiger partial charge >= 0.3 is 0 Å². The predicted molar refractivity (Wildman–Crippen MR) is 91.2 cm³/mol. The van der Waals surface area contributed by atoms with Crippen molar-refractivity contribution < 1.29 is 18.3 Å². The molecule has 2 heterocycles. The standard InChI is InChI=1S/C18H20ClFN2O3/c1-2-3-12-6-7-22(9-12)18(23)15-10-25-17(21-15)11-24-16-5-4-13(20)8-14(16)19/h4-5,8,10,12H,2-3,6-7,9,11H2,1H3. The van der Waals surface area contributed by atoms with Crippen molar-refractivity contribution in [1.82, 2.24) is 9.88 Å². The minimum atomic E-state index is -0.437. The summed E-state index contributed by atoms with van der Waals surface area (Å²) in [6.07, 6.45) is 4.65. The van der Waals surface area contributed by atoms with Crippen molar-refractivity contribution in [2.24, 2.45) is 5.92 Å². The normalized spacial score (nSPS) is 17.1. The van der Waals surface area contributed by atoms with Gasteiger partial charge in [0.1, 0.15) is 17.8 Å². The minimum Gasteiger partial charge on any atom is -0.482 e. The number of amides is 1. The molecule has 7 heteroatoms. The van der Waals surface area contributed by atoms with Crippen LogP contribution in [0.5, 0.6) is 5.75 Å². The third kappa shape index (κ3) is 4.31. The molecule has 1 unspecified atom stereocenters. The molecule has 0 spiro atoms. The van der Waals surface area contributed by atoms with E-state index in [0.717, 1.165) is 32.4 Å². The molecule has 1 aliphatic rings. The Morgan fingerprint density at radius 3 is 3.12 bits per heavy atom. The van der Waals surface area contributed by atoms with Crippen LogP contribution in [0.25, 0.3) is 0 Å². The van der Waals surface area contributed by atoms with Crippen molar-refractivity contribution >= 4 is 17.5 Å². The summed E-state index contributed by atoms with van der Waals surface area (Å²) in [5.74, 6) is 0.621. The number of carbonyl (C=O) groups excluding carboxylic acids is 1. The molecule has 3 rings (SSSR count). The van der Waals surface area contributed by atoms with Crippen LogP contribution in [0.2, 0.25) is 5.02 Å². The van der Waals surface area contributed by atoms with E-state index < -0.39 is 5.82 Å². The summed E-state index contributed by atoms with van der Waals surface area (Å²) < 4.78 is 23.8. The molecule has 2 aromatic rings. The van der Waals surface area contributed by atoms with Gasteiger partial charge in [-0.3, -0.25) is 4.79 Å². The number of ether oxygens (including phenoxy) is 1. The SMILES string of the molecule is CCCC1CCN(C(=O)c2coc(COc3ccc(F)cc3Cl)n2)C1. The molecule has 0 bridgehead atoms. The molecule has 1 amide bonds. The number of hydrogen-bond donors (Lipinski definition) is 0. The van der Waals surface area contributed by atoms with Gasteiger partial charge < -0.3 is 14.1 Å². The van der Waals surface area contributed by atoms with E-state index in [4.69, 9.17) is 20.8 Å². The number of carbonyl (C=O) groups is 1. The van der Waals surface area contributed by atoms with Crippen molar-refractivity contribution in [2.45, 2.75) is 32.8 Å². The van der Waals surface area contributed by atoms with Crippen molar-refractivity contribution in [3.8, 4) is 5.75 Å². The van der Waals surface area contributed by atoms with E-state index in [1.807, 2.05) is 4.90 Å². The second-order valence-electron chi connectivity index (χ2n) is 6.18. The molecule has 5 nitrogen and oxygen atoms in total. The first-order valence-electron chi connectivity index (χ1n) is 8.38. The smallest absolute Gasteiger partial charge is 0.275 e. The summed E-state index contributed by atoms with van der Waals surface area (Å²) in [6, 6.07) is 3.86. The summed E-state index contributed by atoms with van der Waals surface area (Å²) in [5, 5.41) is 0.168. The van der Waals surface area contributed by atoms with Crippen LogP contribution in [0.1, 0.15) is 42.6 Å². The highest BCUT2D eigenvalue weighted by molar-refractivity contribution is 6.32. The van der Waals surface area contributed by atoms with Crippen LogP contribution in [0.4, 0.5) is 4.39 Å². The zero-order valence-electron chi connectivity index (χ0n) is 14.0. The Bertz CT molecular complexity index is 750. The second kappa shape index (κ2) is 7.87. The van der Waals surface area contributed by atoms with Crippen LogP contribution in [0.3, 0.4) is 0 Å². The monoisotopic (exact) mass is 366 g/mol. The van der Waals surface area contributed by atoms with E-state index in [2.05, 4.69) is 11.9 Å². The van der Waals surface area contributed by atoms with E-state index in [9.17, 15) is 9.18 Å². The number of nitrogens with zero attached hydrogens (tertiary/aromatic N) is 2. The first-order chi connectivity index (χ1) is 12.1. The number of aromatic nitrogens is 1. The third-order valence-electron chi connectivity index (χ3n) is 4.29. The first-order valence-corrected chi connectivity index (χ1v) is 8.76. The molecular weight excluding hydrogens is 347 g/mol. The highest BCUT2D eigenvalue weighted by atomic mass is 35.5. The molecule has 25 heavy (non-hydrogen) atoms. The average Bonchev–Trinajstić information content (AvgIpc) is 3.23. The Morgan fingerprint density at radius 2 is 2.36 bits per heavy atom. The molecule has 134 valence electrons. The van der Waals surface area contributed by atoms with E-state index in [1.54, 1.807) is 0 Å². The molecule has 1 saturated heterocycles. The molecule has 0 aliphatic carbocycles. The fraction of sp³-hybridized carbons (Fsp3) is 0.444. The number of oxazole rings is 1. The zero-order valence-corrected chi connectivity index (χ0v) is 14.8. The van der Waals surface area contributed by atoms with E-state index >= 15 is 0 Å². The maximum Gasteiger partial charge on any atom is 0.275 e. The van der Waals surface area contributed by atoms with Gasteiger partial charge in [-0.15, -0.1) is 0 Å². The molecule has 1 aliphatic heterocycles. The number of rotatable bonds is 6. The predicted octanol–water partition coefficient (Wildman–Crippen LogP) is 4.31. The van der Waals surface area contributed by atoms with Crippen molar-refractivity contribution in [2.75, 3.05) is 13.1 Å². The van der Waals surface area contributed by atoms with Gasteiger partial charge in [-0.1, -0.05) is 24.9 Å². The van der Waals surface area contributed by atoms with E-state index in [1.165, 1.54) is 24.5 Å². The molecule has 1 aromatic carbocycles. The lowest BCUT2D eigenvalue weighted by atomic mass is 10.0. The molecule has 0 radical (unpaired) electrons. The highest BCUT2D eigenvalue weighted by Gasteiger charge is 2.28. The maximum atomic E-state index is 13.0. The van der Waals surface area contributed by atoms with Gasteiger partial charge in [0.25, 0.3) is 5.91 Å². The van der Waals surface area contributed by atoms with Gasteiger partial charge in [0.15, 0.2) is 12.3 Å². The van der Waals surface area contributed by atoms with E-state index in [-0.39, 0.29) is 29.1 Å². The van der Waals surface area contributed by atoms with Crippen LogP contribution in [0.15, 0.2) is 28.9 Å². The van der Waals surface area contributed by atoms with Crippen molar-refractivity contribution in [3.63, 3.8) is 0 Å². The Kier molecular flexibility index (Phi) is 5.58. The summed E-state index contributed by atoms with van der Waals surface area (Å²) in [7, 11) is 0.